The average molecular weight is 287 g/mol. The van der Waals surface area contributed by atoms with Gasteiger partial charge in [-0.1, -0.05) is 30.3 Å². The molecule has 0 amide bonds. The Bertz CT molecular complexity index is 393. The largest absolute Gasteiger partial charge is 0.381 e. The number of hydrogen-bond acceptors (Lipinski definition) is 2. The van der Waals surface area contributed by atoms with Crippen LogP contribution in [0.3, 0.4) is 0 Å². The van der Waals surface area contributed by atoms with Crippen LogP contribution in [0, 0.1) is 5.92 Å². The molecule has 0 atom stereocenters. The zero-order valence-electron chi connectivity index (χ0n) is 13.1. The van der Waals surface area contributed by atoms with Gasteiger partial charge < -0.3 is 10.1 Å². The second-order valence-corrected chi connectivity index (χ2v) is 6.79. The molecule has 2 aliphatic carbocycles. The number of rotatable bonds is 8. The number of benzene rings is 1. The van der Waals surface area contributed by atoms with E-state index in [9.17, 15) is 0 Å². The third kappa shape index (κ3) is 5.12. The van der Waals surface area contributed by atoms with E-state index in [0.717, 1.165) is 44.1 Å². The minimum Gasteiger partial charge on any atom is -0.381 e. The summed E-state index contributed by atoms with van der Waals surface area (Å²) in [6, 6.07) is 11.8. The van der Waals surface area contributed by atoms with Crippen LogP contribution >= 0.6 is 0 Å². The molecule has 0 radical (unpaired) electrons. The molecule has 2 aliphatic rings. The number of nitrogens with one attached hydrogen (secondary N) is 1. The smallest absolute Gasteiger partial charge is 0.0494 e. The minimum absolute atomic E-state index is 0.730. The highest BCUT2D eigenvalue weighted by Gasteiger charge is 2.22. The molecular weight excluding hydrogens is 258 g/mol. The van der Waals surface area contributed by atoms with Crippen molar-refractivity contribution < 1.29 is 4.74 Å². The molecule has 1 N–H and O–H groups in total. The highest BCUT2D eigenvalue weighted by molar-refractivity contribution is 5.20. The predicted molar refractivity (Wildman–Crippen MR) is 87.6 cm³/mol. The molecule has 0 heterocycles. The van der Waals surface area contributed by atoms with Crippen molar-refractivity contribution in [3.05, 3.63) is 35.9 Å². The summed E-state index contributed by atoms with van der Waals surface area (Å²) in [6.45, 7) is 3.05. The maximum atomic E-state index is 5.68. The van der Waals surface area contributed by atoms with Gasteiger partial charge in [-0.3, -0.25) is 0 Å². The van der Waals surface area contributed by atoms with Gasteiger partial charge in [-0.2, -0.15) is 0 Å². The lowest BCUT2D eigenvalue weighted by molar-refractivity contribution is 0.121. The van der Waals surface area contributed by atoms with E-state index in [-0.39, 0.29) is 0 Å². The van der Waals surface area contributed by atoms with Crippen molar-refractivity contribution in [2.24, 2.45) is 5.92 Å². The van der Waals surface area contributed by atoms with Crippen LogP contribution in [0.2, 0.25) is 0 Å². The zero-order valence-corrected chi connectivity index (χ0v) is 13.1. The van der Waals surface area contributed by atoms with Crippen molar-refractivity contribution in [2.45, 2.75) is 56.9 Å². The van der Waals surface area contributed by atoms with Gasteiger partial charge in [-0.15, -0.1) is 0 Å². The molecule has 0 aliphatic heterocycles. The zero-order chi connectivity index (χ0) is 14.3. The van der Waals surface area contributed by atoms with Gasteiger partial charge in [0.2, 0.25) is 0 Å². The summed E-state index contributed by atoms with van der Waals surface area (Å²) < 4.78 is 5.68. The Balaban J connectivity index is 1.25. The van der Waals surface area contributed by atoms with E-state index in [4.69, 9.17) is 4.74 Å². The first-order chi connectivity index (χ1) is 10.4. The number of hydrogen-bond donors (Lipinski definition) is 1. The monoisotopic (exact) mass is 287 g/mol. The fourth-order valence-corrected chi connectivity index (χ4v) is 3.37. The molecule has 0 saturated heterocycles. The van der Waals surface area contributed by atoms with Crippen molar-refractivity contribution in [3.8, 4) is 0 Å². The molecule has 0 spiro atoms. The molecule has 2 saturated carbocycles. The van der Waals surface area contributed by atoms with Gasteiger partial charge in [-0.25, -0.2) is 0 Å². The van der Waals surface area contributed by atoms with Crippen molar-refractivity contribution >= 4 is 0 Å². The van der Waals surface area contributed by atoms with Crippen LogP contribution in [0.5, 0.6) is 0 Å². The van der Waals surface area contributed by atoms with E-state index in [1.165, 1.54) is 44.1 Å². The van der Waals surface area contributed by atoms with Crippen LogP contribution in [0.1, 0.15) is 56.4 Å². The van der Waals surface area contributed by atoms with Crippen molar-refractivity contribution in [3.63, 3.8) is 0 Å². The van der Waals surface area contributed by atoms with Gasteiger partial charge >= 0.3 is 0 Å². The predicted octanol–water partition coefficient (Wildman–Crippen LogP) is 4.12. The maximum Gasteiger partial charge on any atom is 0.0494 e. The highest BCUT2D eigenvalue weighted by atomic mass is 16.5. The van der Waals surface area contributed by atoms with Crippen LogP contribution in [0.15, 0.2) is 30.3 Å². The molecule has 0 unspecified atom stereocenters. The molecular formula is C19H29NO. The molecule has 3 rings (SSSR count). The van der Waals surface area contributed by atoms with Crippen molar-refractivity contribution in [1.82, 2.24) is 5.32 Å². The first kappa shape index (κ1) is 15.1. The van der Waals surface area contributed by atoms with Crippen LogP contribution in [0.25, 0.3) is 0 Å². The molecule has 2 fully saturated rings. The minimum atomic E-state index is 0.730. The van der Waals surface area contributed by atoms with Crippen LogP contribution in [-0.2, 0) is 4.74 Å². The van der Waals surface area contributed by atoms with E-state index in [0.29, 0.717) is 0 Å². The summed E-state index contributed by atoms with van der Waals surface area (Å²) in [6.07, 6.45) is 9.25. The van der Waals surface area contributed by atoms with Crippen molar-refractivity contribution in [1.29, 1.82) is 0 Å². The SMILES string of the molecule is c1ccc(C2CCC(NCCCOCC3CC3)CC2)cc1. The molecule has 0 bridgehead atoms. The van der Waals surface area contributed by atoms with Gasteiger partial charge in [0.05, 0.1) is 0 Å². The molecule has 1 aromatic rings. The number of ether oxygens (including phenoxy) is 1. The molecule has 21 heavy (non-hydrogen) atoms. The average Bonchev–Trinajstić information content (AvgIpc) is 3.36. The third-order valence-corrected chi connectivity index (χ3v) is 4.95. The first-order valence-corrected chi connectivity index (χ1v) is 8.78. The van der Waals surface area contributed by atoms with E-state index in [1.807, 2.05) is 0 Å². The summed E-state index contributed by atoms with van der Waals surface area (Å²) in [7, 11) is 0. The third-order valence-electron chi connectivity index (χ3n) is 4.95. The quantitative estimate of drug-likeness (QED) is 0.726. The fraction of sp³-hybridized carbons (Fsp3) is 0.684. The van der Waals surface area contributed by atoms with Crippen molar-refractivity contribution in [2.75, 3.05) is 19.8 Å². The standard InChI is InChI=1S/C19H29NO/c1-2-5-17(6-3-1)18-9-11-19(12-10-18)20-13-4-14-21-15-16-7-8-16/h1-3,5-6,16,18-20H,4,7-15H2. The summed E-state index contributed by atoms with van der Waals surface area (Å²) >= 11 is 0. The van der Waals surface area contributed by atoms with E-state index >= 15 is 0 Å². The van der Waals surface area contributed by atoms with Gasteiger partial charge in [-0.05, 0) is 68.9 Å². The van der Waals surface area contributed by atoms with Gasteiger partial charge in [0.1, 0.15) is 0 Å². The van der Waals surface area contributed by atoms with Crippen LogP contribution in [0.4, 0.5) is 0 Å². The summed E-state index contributed by atoms with van der Waals surface area (Å²) in [4.78, 5) is 0. The van der Waals surface area contributed by atoms with E-state index < -0.39 is 0 Å². The van der Waals surface area contributed by atoms with Crippen LogP contribution in [-0.4, -0.2) is 25.8 Å². The molecule has 2 heteroatoms. The summed E-state index contributed by atoms with van der Waals surface area (Å²) in [5.74, 6) is 1.68. The Kier molecular flexibility index (Phi) is 5.70. The van der Waals surface area contributed by atoms with Crippen LogP contribution < -0.4 is 5.32 Å². The maximum absolute atomic E-state index is 5.68. The normalized spacial score (nSPS) is 25.9. The van der Waals surface area contributed by atoms with Gasteiger partial charge in [0.15, 0.2) is 0 Å². The lowest BCUT2D eigenvalue weighted by Crippen LogP contribution is -2.33. The second kappa shape index (κ2) is 7.95. The molecule has 2 nitrogen and oxygen atoms in total. The van der Waals surface area contributed by atoms with E-state index in [2.05, 4.69) is 35.6 Å². The first-order valence-electron chi connectivity index (χ1n) is 8.78. The van der Waals surface area contributed by atoms with Gasteiger partial charge in [0.25, 0.3) is 0 Å². The molecule has 1 aromatic carbocycles. The summed E-state index contributed by atoms with van der Waals surface area (Å²) in [5.41, 5.74) is 1.53. The Morgan fingerprint density at radius 1 is 0.952 bits per heavy atom. The fourth-order valence-electron chi connectivity index (χ4n) is 3.37. The lowest BCUT2D eigenvalue weighted by Gasteiger charge is -2.29. The van der Waals surface area contributed by atoms with Gasteiger partial charge in [0, 0.05) is 19.3 Å². The summed E-state index contributed by atoms with van der Waals surface area (Å²) in [5, 5.41) is 3.72. The highest BCUT2D eigenvalue weighted by Crippen LogP contribution is 2.32. The topological polar surface area (TPSA) is 21.3 Å². The Hall–Kier alpha value is -0.860. The second-order valence-electron chi connectivity index (χ2n) is 6.79. The molecule has 116 valence electrons. The Morgan fingerprint density at radius 3 is 2.43 bits per heavy atom. The Labute approximate surface area is 129 Å². The lowest BCUT2D eigenvalue weighted by atomic mass is 9.82. The Morgan fingerprint density at radius 2 is 1.71 bits per heavy atom. The van der Waals surface area contributed by atoms with E-state index in [1.54, 1.807) is 0 Å². The molecule has 0 aromatic heterocycles.